The Hall–Kier alpha value is -4.16. The van der Waals surface area contributed by atoms with Gasteiger partial charge in [0.1, 0.15) is 17.8 Å². The maximum Gasteiger partial charge on any atom is 0.271 e. The fourth-order valence-electron chi connectivity index (χ4n) is 3.28. The van der Waals surface area contributed by atoms with Crippen molar-refractivity contribution in [3.8, 4) is 11.3 Å². The molecule has 0 atom stereocenters. The van der Waals surface area contributed by atoms with Crippen molar-refractivity contribution in [2.75, 3.05) is 17.7 Å². The van der Waals surface area contributed by atoms with Crippen LogP contribution in [-0.4, -0.2) is 53.7 Å². The first kappa shape index (κ1) is 21.1. The van der Waals surface area contributed by atoms with Crippen LogP contribution in [0.3, 0.4) is 0 Å². The molecule has 0 aliphatic rings. The number of hydrogen-bond donors (Lipinski definition) is 3. The van der Waals surface area contributed by atoms with Gasteiger partial charge in [-0.15, -0.1) is 0 Å². The van der Waals surface area contributed by atoms with E-state index in [9.17, 15) is 13.6 Å². The Balaban J connectivity index is 1.82. The molecule has 0 radical (unpaired) electrons. The molecule has 11 nitrogen and oxygen atoms in total. The van der Waals surface area contributed by atoms with Crippen LogP contribution in [0.5, 0.6) is 0 Å². The number of pyridine rings is 1. The monoisotopic (exact) mass is 442 g/mol. The van der Waals surface area contributed by atoms with Gasteiger partial charge in [-0.05, 0) is 6.92 Å². The average Bonchev–Trinajstić information content (AvgIpc) is 3.30. The topological polar surface area (TPSA) is 141 Å². The summed E-state index contributed by atoms with van der Waals surface area (Å²) < 4.78 is 28.4. The van der Waals surface area contributed by atoms with Crippen LogP contribution in [0.1, 0.15) is 16.2 Å². The van der Waals surface area contributed by atoms with Crippen molar-refractivity contribution in [3.05, 3.63) is 36.3 Å². The Morgan fingerprint density at radius 2 is 2.00 bits per heavy atom. The number of nitrogens with two attached hydrogens (primary N) is 1. The molecular formula is C19H20F2N10O. The molecule has 0 unspecified atom stereocenters. The van der Waals surface area contributed by atoms with E-state index in [4.69, 9.17) is 5.73 Å². The summed E-state index contributed by atoms with van der Waals surface area (Å²) in [5.74, 6) is -0.413. The number of amides is 1. The lowest BCUT2D eigenvalue weighted by atomic mass is 10.1. The molecule has 4 heterocycles. The van der Waals surface area contributed by atoms with Crippen molar-refractivity contribution < 1.29 is 13.6 Å². The standard InChI is InChI=1S/C19H20F2N10O/c1-9-11(5-26-31(9)7-13(20)21)27-19-16(17(22)32)28-15(18(23-2)29-19)10-4-24-6-12-14(10)25-8-30(12)3/h4-6,8,13H,7H2,1-3H3,(H2,22,32)(H2,23,27,29). The summed E-state index contributed by atoms with van der Waals surface area (Å²) in [5.41, 5.74) is 8.60. The minimum absolute atomic E-state index is 0.0615. The van der Waals surface area contributed by atoms with E-state index in [1.807, 2.05) is 11.6 Å². The predicted octanol–water partition coefficient (Wildman–Crippen LogP) is 2.08. The van der Waals surface area contributed by atoms with E-state index in [1.54, 1.807) is 32.7 Å². The van der Waals surface area contributed by atoms with Gasteiger partial charge in [0.15, 0.2) is 17.3 Å². The summed E-state index contributed by atoms with van der Waals surface area (Å²) in [6.07, 6.45) is 3.71. The first-order chi connectivity index (χ1) is 15.3. The van der Waals surface area contributed by atoms with E-state index in [0.29, 0.717) is 34.0 Å². The molecule has 0 aromatic carbocycles. The summed E-state index contributed by atoms with van der Waals surface area (Å²) >= 11 is 0. The van der Waals surface area contributed by atoms with Crippen LogP contribution in [0, 0.1) is 6.92 Å². The Morgan fingerprint density at radius 3 is 2.69 bits per heavy atom. The van der Waals surface area contributed by atoms with Gasteiger partial charge in [-0.2, -0.15) is 5.10 Å². The summed E-state index contributed by atoms with van der Waals surface area (Å²) in [6, 6.07) is 0. The number of carbonyl (C=O) groups excluding carboxylic acids is 1. The molecule has 0 fully saturated rings. The Kier molecular flexibility index (Phi) is 5.38. The second-order valence-electron chi connectivity index (χ2n) is 6.98. The van der Waals surface area contributed by atoms with Crippen LogP contribution in [0.2, 0.25) is 0 Å². The van der Waals surface area contributed by atoms with Crippen molar-refractivity contribution in [1.29, 1.82) is 0 Å². The molecule has 13 heteroatoms. The molecule has 0 aliphatic carbocycles. The van der Waals surface area contributed by atoms with Gasteiger partial charge in [-0.3, -0.25) is 14.5 Å². The van der Waals surface area contributed by atoms with Gasteiger partial charge >= 0.3 is 0 Å². The van der Waals surface area contributed by atoms with Crippen LogP contribution in [0.4, 0.5) is 26.1 Å². The molecule has 4 aromatic heterocycles. The second kappa shape index (κ2) is 8.17. The van der Waals surface area contributed by atoms with Gasteiger partial charge in [0, 0.05) is 20.3 Å². The molecule has 166 valence electrons. The lowest BCUT2D eigenvalue weighted by molar-refractivity contribution is 0.0996. The molecule has 0 bridgehead atoms. The first-order valence-electron chi connectivity index (χ1n) is 9.52. The normalized spacial score (nSPS) is 11.3. The third-order valence-electron chi connectivity index (χ3n) is 4.93. The molecule has 4 rings (SSSR count). The van der Waals surface area contributed by atoms with Crippen molar-refractivity contribution in [1.82, 2.24) is 34.3 Å². The van der Waals surface area contributed by atoms with E-state index in [0.717, 1.165) is 10.2 Å². The molecule has 0 spiro atoms. The summed E-state index contributed by atoms with van der Waals surface area (Å²) in [7, 11) is 3.49. The second-order valence-corrected chi connectivity index (χ2v) is 6.98. The number of rotatable bonds is 7. The van der Waals surface area contributed by atoms with E-state index in [1.165, 1.54) is 6.20 Å². The minimum atomic E-state index is -2.56. The highest BCUT2D eigenvalue weighted by Crippen LogP contribution is 2.32. The van der Waals surface area contributed by atoms with Gasteiger partial charge in [0.25, 0.3) is 12.3 Å². The van der Waals surface area contributed by atoms with E-state index < -0.39 is 18.9 Å². The number of primary amides is 1. The van der Waals surface area contributed by atoms with Gasteiger partial charge < -0.3 is 20.9 Å². The van der Waals surface area contributed by atoms with Crippen LogP contribution >= 0.6 is 0 Å². The van der Waals surface area contributed by atoms with Crippen molar-refractivity contribution in [3.63, 3.8) is 0 Å². The fourth-order valence-corrected chi connectivity index (χ4v) is 3.28. The summed E-state index contributed by atoms with van der Waals surface area (Å²) in [5, 5.41) is 9.83. The number of alkyl halides is 2. The van der Waals surface area contributed by atoms with E-state index >= 15 is 0 Å². The lowest BCUT2D eigenvalue weighted by Gasteiger charge is -2.14. The zero-order chi connectivity index (χ0) is 23.0. The maximum absolute atomic E-state index is 12.7. The Labute approximate surface area is 180 Å². The summed E-state index contributed by atoms with van der Waals surface area (Å²) in [6.45, 7) is 1.07. The quantitative estimate of drug-likeness (QED) is 0.395. The van der Waals surface area contributed by atoms with E-state index in [2.05, 4.69) is 35.7 Å². The number of anilines is 3. The number of carbonyl (C=O) groups is 1. The summed E-state index contributed by atoms with van der Waals surface area (Å²) in [4.78, 5) is 29.8. The van der Waals surface area contributed by atoms with Crippen LogP contribution in [0.25, 0.3) is 22.3 Å². The fraction of sp³-hybridized carbons (Fsp3) is 0.263. The number of aryl methyl sites for hydroxylation is 1. The molecule has 0 saturated carbocycles. The smallest absolute Gasteiger partial charge is 0.271 e. The first-order valence-corrected chi connectivity index (χ1v) is 9.52. The zero-order valence-electron chi connectivity index (χ0n) is 17.5. The van der Waals surface area contributed by atoms with Crippen LogP contribution < -0.4 is 16.4 Å². The highest BCUT2D eigenvalue weighted by molar-refractivity contribution is 5.99. The maximum atomic E-state index is 12.7. The Morgan fingerprint density at radius 1 is 1.22 bits per heavy atom. The number of hydrogen-bond acceptors (Lipinski definition) is 8. The van der Waals surface area contributed by atoms with Crippen LogP contribution in [-0.2, 0) is 13.6 Å². The van der Waals surface area contributed by atoms with E-state index in [-0.39, 0.29) is 11.5 Å². The molecule has 32 heavy (non-hydrogen) atoms. The van der Waals surface area contributed by atoms with Gasteiger partial charge in [0.2, 0.25) is 0 Å². The average molecular weight is 442 g/mol. The largest absolute Gasteiger partial charge is 0.371 e. The number of nitrogens with zero attached hydrogens (tertiary/aromatic N) is 7. The SMILES string of the molecule is CNc1nc(Nc2cnn(CC(F)F)c2C)c(C(N)=O)nc1-c1cncc2c1ncn2C. The number of halogens is 2. The number of aromatic nitrogens is 7. The highest BCUT2D eigenvalue weighted by atomic mass is 19.3. The lowest BCUT2D eigenvalue weighted by Crippen LogP contribution is -2.18. The Bertz CT molecular complexity index is 1310. The minimum Gasteiger partial charge on any atom is -0.371 e. The zero-order valence-corrected chi connectivity index (χ0v) is 17.5. The number of fused-ring (bicyclic) bond motifs is 1. The van der Waals surface area contributed by atoms with Gasteiger partial charge in [-0.1, -0.05) is 0 Å². The van der Waals surface area contributed by atoms with Crippen molar-refractivity contribution >= 4 is 34.3 Å². The third-order valence-corrected chi connectivity index (χ3v) is 4.93. The molecule has 4 aromatic rings. The highest BCUT2D eigenvalue weighted by Gasteiger charge is 2.22. The number of nitrogens with one attached hydrogen (secondary N) is 2. The molecule has 0 aliphatic heterocycles. The molecule has 4 N–H and O–H groups in total. The van der Waals surface area contributed by atoms with Crippen molar-refractivity contribution in [2.24, 2.45) is 12.8 Å². The molecular weight excluding hydrogens is 422 g/mol. The molecule has 1 amide bonds. The van der Waals surface area contributed by atoms with Crippen LogP contribution in [0.15, 0.2) is 24.9 Å². The third kappa shape index (κ3) is 3.68. The number of imidazole rings is 1. The van der Waals surface area contributed by atoms with Gasteiger partial charge in [-0.25, -0.2) is 23.7 Å². The predicted molar refractivity (Wildman–Crippen MR) is 114 cm³/mol. The molecule has 0 saturated heterocycles. The van der Waals surface area contributed by atoms with Crippen molar-refractivity contribution in [2.45, 2.75) is 19.9 Å². The van der Waals surface area contributed by atoms with Gasteiger partial charge in [0.05, 0.1) is 41.2 Å².